The summed E-state index contributed by atoms with van der Waals surface area (Å²) in [6, 6.07) is 9.73. The van der Waals surface area contributed by atoms with Crippen LogP contribution in [0.1, 0.15) is 13.8 Å². The third-order valence-electron chi connectivity index (χ3n) is 7.70. The molecule has 0 radical (unpaired) electrons. The Hall–Kier alpha value is -3.09. The highest BCUT2D eigenvalue weighted by Gasteiger charge is 2.42. The molecule has 0 spiro atoms. The number of benzene rings is 1. The highest BCUT2D eigenvalue weighted by atomic mass is 32.2. The molecule has 5 rings (SSSR count). The first-order valence-corrected chi connectivity index (χ1v) is 15.4. The van der Waals surface area contributed by atoms with Gasteiger partial charge in [0.1, 0.15) is 17.8 Å². The molecule has 2 saturated heterocycles. The number of aromatic nitrogens is 3. The molecule has 3 aromatic rings. The van der Waals surface area contributed by atoms with Gasteiger partial charge in [-0.1, -0.05) is 26.0 Å². The van der Waals surface area contributed by atoms with Gasteiger partial charge >= 0.3 is 0 Å². The van der Waals surface area contributed by atoms with E-state index in [4.69, 9.17) is 0 Å². The normalized spacial score (nSPS) is 21.6. The lowest BCUT2D eigenvalue weighted by Gasteiger charge is -2.43. The molecule has 0 amide bonds. The summed E-state index contributed by atoms with van der Waals surface area (Å²) in [6.07, 6.45) is 1.03. The van der Waals surface area contributed by atoms with Gasteiger partial charge in [-0.05, 0) is 37.7 Å². The molecule has 12 heteroatoms. The van der Waals surface area contributed by atoms with Crippen molar-refractivity contribution < 1.29 is 17.9 Å². The van der Waals surface area contributed by atoms with Crippen molar-refractivity contribution in [3.05, 3.63) is 42.7 Å². The molecule has 216 valence electrons. The summed E-state index contributed by atoms with van der Waals surface area (Å²) in [6.45, 7) is 6.08. The smallest absolute Gasteiger partial charge is 0.227 e. The molecule has 2 N–H and O–H groups in total. The summed E-state index contributed by atoms with van der Waals surface area (Å²) in [5.74, 6) is 2.08. The fourth-order valence-corrected chi connectivity index (χ4v) is 7.18. The summed E-state index contributed by atoms with van der Waals surface area (Å²) >= 11 is 0. The second kappa shape index (κ2) is 11.1. The Morgan fingerprint density at radius 2 is 1.90 bits per heavy atom. The number of halogens is 1. The first-order chi connectivity index (χ1) is 18.9. The lowest BCUT2D eigenvalue weighted by molar-refractivity contribution is -0.0257. The summed E-state index contributed by atoms with van der Waals surface area (Å²) < 4.78 is 39.4. The van der Waals surface area contributed by atoms with E-state index >= 15 is 0 Å². The first-order valence-electron chi connectivity index (χ1n) is 13.6. The van der Waals surface area contributed by atoms with E-state index in [1.165, 1.54) is 0 Å². The number of anilines is 4. The van der Waals surface area contributed by atoms with Crippen LogP contribution < -0.4 is 15.1 Å². The number of pyridine rings is 1. The van der Waals surface area contributed by atoms with Gasteiger partial charge in [0.05, 0.1) is 24.2 Å². The van der Waals surface area contributed by atoms with E-state index in [1.54, 1.807) is 17.2 Å². The van der Waals surface area contributed by atoms with Crippen LogP contribution in [-0.4, -0.2) is 104 Å². The third kappa shape index (κ3) is 6.29. The Bertz CT molecular complexity index is 1460. The minimum absolute atomic E-state index is 0.0322. The van der Waals surface area contributed by atoms with Crippen molar-refractivity contribution in [3.63, 3.8) is 0 Å². The molecule has 2 fully saturated rings. The summed E-state index contributed by atoms with van der Waals surface area (Å²) in [5.41, 5.74) is 0.414. The average Bonchev–Trinajstić information content (AvgIpc) is 2.87. The average molecular weight is 572 g/mol. The van der Waals surface area contributed by atoms with Crippen LogP contribution in [0.25, 0.3) is 10.8 Å². The van der Waals surface area contributed by atoms with Crippen LogP contribution in [0, 0.1) is 11.3 Å². The number of sulfone groups is 1. The highest BCUT2D eigenvalue weighted by Crippen LogP contribution is 2.34. The number of aliphatic hydroxyl groups is 1. The number of hydrogen-bond donors (Lipinski definition) is 2. The van der Waals surface area contributed by atoms with Crippen molar-refractivity contribution in [2.75, 3.05) is 73.4 Å². The number of fused-ring (bicyclic) bond motifs is 1. The zero-order chi connectivity index (χ0) is 28.7. The first kappa shape index (κ1) is 28.4. The van der Waals surface area contributed by atoms with E-state index in [0.29, 0.717) is 43.8 Å². The van der Waals surface area contributed by atoms with Crippen LogP contribution >= 0.6 is 0 Å². The second-order valence-electron chi connectivity index (χ2n) is 12.0. The predicted octanol–water partition coefficient (Wildman–Crippen LogP) is 2.73. The topological polar surface area (TPSA) is 115 Å². The molecule has 2 aromatic heterocycles. The Kier molecular flexibility index (Phi) is 7.86. The fraction of sp³-hybridized carbons (Fsp3) is 0.536. The maximum absolute atomic E-state index is 14.5. The molecule has 2 atom stereocenters. The Morgan fingerprint density at radius 3 is 2.62 bits per heavy atom. The molecular formula is C28H38FN7O3S. The zero-order valence-electron chi connectivity index (χ0n) is 23.5. The largest absolute Gasteiger partial charge is 0.389 e. The van der Waals surface area contributed by atoms with Crippen molar-refractivity contribution in [3.8, 4) is 0 Å². The van der Waals surface area contributed by atoms with Crippen LogP contribution in [0.2, 0.25) is 0 Å². The molecule has 10 nitrogen and oxygen atoms in total. The van der Waals surface area contributed by atoms with Crippen LogP contribution in [-0.2, 0) is 9.84 Å². The van der Waals surface area contributed by atoms with E-state index in [0.717, 1.165) is 16.5 Å². The van der Waals surface area contributed by atoms with Gasteiger partial charge in [0.15, 0.2) is 9.84 Å². The van der Waals surface area contributed by atoms with Crippen molar-refractivity contribution in [2.24, 2.45) is 11.3 Å². The number of piperidine rings is 1. The summed E-state index contributed by atoms with van der Waals surface area (Å²) in [7, 11) is 0.688. The van der Waals surface area contributed by atoms with Crippen molar-refractivity contribution >= 4 is 43.9 Å². The highest BCUT2D eigenvalue weighted by molar-refractivity contribution is 7.91. The Labute approximate surface area is 235 Å². The van der Waals surface area contributed by atoms with Crippen molar-refractivity contribution in [1.82, 2.24) is 19.9 Å². The van der Waals surface area contributed by atoms with Gasteiger partial charge in [-0.2, -0.15) is 4.98 Å². The number of nitrogens with one attached hydrogen (secondary N) is 1. The molecule has 0 bridgehead atoms. The van der Waals surface area contributed by atoms with Crippen molar-refractivity contribution in [2.45, 2.75) is 26.1 Å². The van der Waals surface area contributed by atoms with Crippen LogP contribution in [0.3, 0.4) is 0 Å². The minimum atomic E-state index is -3.07. The van der Waals surface area contributed by atoms with E-state index in [9.17, 15) is 17.9 Å². The molecule has 1 aromatic carbocycles. The van der Waals surface area contributed by atoms with Gasteiger partial charge in [0, 0.05) is 61.0 Å². The van der Waals surface area contributed by atoms with Gasteiger partial charge in [0.25, 0.3) is 0 Å². The SMILES string of the molecule is CN(C)CCS(=O)(=O)CC1CN(c2cccc3cc(Nc4ccnc(N5C[C@H](F)[C@H](O)C(C)(C)C5)n4)ncc23)C1. The maximum Gasteiger partial charge on any atom is 0.227 e. The maximum atomic E-state index is 14.5. The molecule has 0 aliphatic carbocycles. The van der Waals surface area contributed by atoms with Crippen LogP contribution in [0.4, 0.5) is 27.7 Å². The molecule has 0 unspecified atom stereocenters. The summed E-state index contributed by atoms with van der Waals surface area (Å²) in [5, 5.41) is 15.4. The predicted molar refractivity (Wildman–Crippen MR) is 157 cm³/mol. The molecular weight excluding hydrogens is 533 g/mol. The number of hydrogen-bond acceptors (Lipinski definition) is 10. The van der Waals surface area contributed by atoms with Crippen LogP contribution in [0.5, 0.6) is 0 Å². The fourth-order valence-electron chi connectivity index (χ4n) is 5.44. The monoisotopic (exact) mass is 571 g/mol. The quantitative estimate of drug-likeness (QED) is 0.397. The summed E-state index contributed by atoms with van der Waals surface area (Å²) in [4.78, 5) is 19.4. The number of aliphatic hydroxyl groups excluding tert-OH is 1. The minimum Gasteiger partial charge on any atom is -0.389 e. The second-order valence-corrected chi connectivity index (χ2v) is 14.2. The van der Waals surface area contributed by atoms with E-state index in [-0.39, 0.29) is 24.0 Å². The number of nitrogens with zero attached hydrogens (tertiary/aromatic N) is 6. The third-order valence-corrected chi connectivity index (χ3v) is 9.48. The van der Waals surface area contributed by atoms with Gasteiger partial charge in [-0.3, -0.25) is 0 Å². The Morgan fingerprint density at radius 1 is 1.12 bits per heavy atom. The van der Waals surface area contributed by atoms with Gasteiger partial charge in [-0.25, -0.2) is 22.8 Å². The Balaban J connectivity index is 1.26. The van der Waals surface area contributed by atoms with Crippen LogP contribution in [0.15, 0.2) is 42.7 Å². The molecule has 2 aliphatic rings. The molecule has 0 saturated carbocycles. The number of rotatable bonds is 9. The van der Waals surface area contributed by atoms with Crippen molar-refractivity contribution in [1.29, 1.82) is 0 Å². The zero-order valence-corrected chi connectivity index (χ0v) is 24.3. The van der Waals surface area contributed by atoms with E-state index in [1.807, 2.05) is 63.3 Å². The lowest BCUT2D eigenvalue weighted by atomic mass is 9.80. The van der Waals surface area contributed by atoms with E-state index in [2.05, 4.69) is 25.2 Å². The van der Waals surface area contributed by atoms with E-state index < -0.39 is 27.5 Å². The molecule has 40 heavy (non-hydrogen) atoms. The standard InChI is InChI=1S/C28H38FN7O3S/c1-28(2)18-36(16-22(29)26(28)37)27-30-9-8-24(33-27)32-25-12-20-6-5-7-23(21(20)13-31-25)35-14-19(15-35)17-40(38,39)11-10-34(3)4/h5-9,12-13,19,22,26,37H,10-11,14-18H2,1-4H3,(H,30,31,32,33)/t22-,26-/m0/s1. The van der Waals surface area contributed by atoms with Gasteiger partial charge in [0.2, 0.25) is 5.95 Å². The molecule has 2 aliphatic heterocycles. The van der Waals surface area contributed by atoms with Gasteiger partial charge < -0.3 is 25.1 Å². The number of alkyl halides is 1. The lowest BCUT2D eigenvalue weighted by Crippen LogP contribution is -2.55. The molecule has 4 heterocycles. The van der Waals surface area contributed by atoms with Gasteiger partial charge in [-0.15, -0.1) is 0 Å².